The Hall–Kier alpha value is -3.48. The van der Waals surface area contributed by atoms with Crippen LogP contribution in [0.15, 0.2) is 18.3 Å². The molecular weight excluding hydrogens is 324 g/mol. The maximum Gasteiger partial charge on any atom is 0.292 e. The molecule has 0 aliphatic carbocycles. The van der Waals surface area contributed by atoms with E-state index in [1.165, 1.54) is 6.20 Å². The number of aromatic nitrogens is 4. The van der Waals surface area contributed by atoms with E-state index in [-0.39, 0.29) is 22.0 Å². The van der Waals surface area contributed by atoms with Gasteiger partial charge >= 0.3 is 0 Å². The van der Waals surface area contributed by atoms with Crippen molar-refractivity contribution in [2.24, 2.45) is 0 Å². The van der Waals surface area contributed by atoms with Crippen LogP contribution in [-0.4, -0.2) is 38.6 Å². The summed E-state index contributed by atoms with van der Waals surface area (Å²) in [5.41, 5.74) is 2.27. The summed E-state index contributed by atoms with van der Waals surface area (Å²) in [5, 5.41) is 36.9. The van der Waals surface area contributed by atoms with Crippen LogP contribution in [0.1, 0.15) is 24.2 Å². The molecule has 1 aliphatic heterocycles. The van der Waals surface area contributed by atoms with E-state index in [2.05, 4.69) is 25.9 Å². The van der Waals surface area contributed by atoms with Crippen LogP contribution in [0.5, 0.6) is 0 Å². The minimum atomic E-state index is -0.361. The van der Waals surface area contributed by atoms with Gasteiger partial charge in [0.05, 0.1) is 4.92 Å². The molecule has 2 heterocycles. The number of nitro groups is 1. The van der Waals surface area contributed by atoms with E-state index in [9.17, 15) is 15.4 Å². The maximum absolute atomic E-state index is 11.4. The molecule has 2 N–H and O–H groups in total. The zero-order valence-corrected chi connectivity index (χ0v) is 13.6. The van der Waals surface area contributed by atoms with E-state index in [0.717, 1.165) is 25.9 Å². The molecule has 10 nitrogen and oxygen atoms in total. The number of nitrogens with one attached hydrogen (secondary N) is 2. The summed E-state index contributed by atoms with van der Waals surface area (Å²) < 4.78 is 0. The van der Waals surface area contributed by atoms with Gasteiger partial charge in [-0.05, 0) is 36.6 Å². The largest absolute Gasteiger partial charge is 0.366 e. The highest BCUT2D eigenvalue weighted by molar-refractivity contribution is 5.77. The minimum Gasteiger partial charge on any atom is -0.366 e. The van der Waals surface area contributed by atoms with Gasteiger partial charge in [-0.1, -0.05) is 0 Å². The van der Waals surface area contributed by atoms with Crippen molar-refractivity contribution in [1.29, 1.82) is 5.26 Å². The molecule has 1 aromatic heterocycles. The van der Waals surface area contributed by atoms with Gasteiger partial charge in [-0.25, -0.2) is 0 Å². The summed E-state index contributed by atoms with van der Waals surface area (Å²) in [7, 11) is 0. The lowest BCUT2D eigenvalue weighted by Crippen LogP contribution is -2.19. The van der Waals surface area contributed by atoms with E-state index in [1.807, 2.05) is 11.0 Å². The molecule has 0 atom stereocenters. The number of hydrogen-bond acceptors (Lipinski definition) is 8. The van der Waals surface area contributed by atoms with Gasteiger partial charge in [-0.15, -0.1) is 10.2 Å². The Labute approximate surface area is 143 Å². The molecular formula is C15H16N8O2. The smallest absolute Gasteiger partial charge is 0.292 e. The van der Waals surface area contributed by atoms with E-state index in [0.29, 0.717) is 16.9 Å². The number of tetrazole rings is 1. The van der Waals surface area contributed by atoms with Crippen molar-refractivity contribution in [2.45, 2.75) is 19.8 Å². The Morgan fingerprint density at radius 3 is 2.84 bits per heavy atom. The fourth-order valence-electron chi connectivity index (χ4n) is 2.77. The van der Waals surface area contributed by atoms with Gasteiger partial charge in [0.15, 0.2) is 0 Å². The predicted molar refractivity (Wildman–Crippen MR) is 90.7 cm³/mol. The molecule has 0 radical (unpaired) electrons. The molecule has 0 saturated carbocycles. The Morgan fingerprint density at radius 2 is 2.24 bits per heavy atom. The van der Waals surface area contributed by atoms with Crippen molar-refractivity contribution in [3.63, 3.8) is 0 Å². The molecule has 1 aliphatic rings. The first-order valence-electron chi connectivity index (χ1n) is 7.74. The Kier molecular flexibility index (Phi) is 4.56. The highest BCUT2D eigenvalue weighted by atomic mass is 16.6. The number of aromatic amines is 1. The van der Waals surface area contributed by atoms with Crippen LogP contribution < -0.4 is 10.2 Å². The van der Waals surface area contributed by atoms with Crippen LogP contribution in [0, 0.1) is 28.4 Å². The number of anilines is 2. The lowest BCUT2D eigenvalue weighted by Gasteiger charge is -2.19. The van der Waals surface area contributed by atoms with E-state index in [1.54, 1.807) is 19.1 Å². The Balaban J connectivity index is 1.95. The molecule has 0 spiro atoms. The van der Waals surface area contributed by atoms with Crippen molar-refractivity contribution < 1.29 is 4.92 Å². The van der Waals surface area contributed by atoms with Gasteiger partial charge in [-0.2, -0.15) is 10.5 Å². The monoisotopic (exact) mass is 340 g/mol. The van der Waals surface area contributed by atoms with Crippen LogP contribution in [-0.2, 0) is 0 Å². The zero-order chi connectivity index (χ0) is 17.8. The number of allylic oxidation sites excluding steroid dienone is 1. The van der Waals surface area contributed by atoms with Gasteiger partial charge in [0.2, 0.25) is 5.82 Å². The van der Waals surface area contributed by atoms with Crippen molar-refractivity contribution in [1.82, 2.24) is 20.6 Å². The Morgan fingerprint density at radius 1 is 1.48 bits per heavy atom. The number of aryl methyl sites for hydroxylation is 1. The van der Waals surface area contributed by atoms with E-state index < -0.39 is 0 Å². The summed E-state index contributed by atoms with van der Waals surface area (Å²) in [6, 6.07) is 5.28. The SMILES string of the molecule is Cc1cc([N+](=O)[O-])c(N2CCCC2)cc1NC=C(C#N)c1nn[nH]n1. The van der Waals surface area contributed by atoms with Crippen LogP contribution in [0.4, 0.5) is 17.1 Å². The maximum atomic E-state index is 11.4. The van der Waals surface area contributed by atoms with Crippen LogP contribution >= 0.6 is 0 Å². The third kappa shape index (κ3) is 3.40. The predicted octanol–water partition coefficient (Wildman–Crippen LogP) is 1.99. The summed E-state index contributed by atoms with van der Waals surface area (Å²) in [6.45, 7) is 3.37. The van der Waals surface area contributed by atoms with E-state index >= 15 is 0 Å². The topological polar surface area (TPSA) is 137 Å². The summed E-state index contributed by atoms with van der Waals surface area (Å²) >= 11 is 0. The second-order valence-electron chi connectivity index (χ2n) is 5.66. The standard InChI is InChI=1S/C15H16N8O2/c1-10-6-14(23(24)25)13(22-4-2-3-5-22)7-12(10)17-9-11(8-16)15-18-20-21-19-15/h6-7,9,17H,2-5H2,1H3,(H,18,19,20,21). The number of nitrogens with zero attached hydrogens (tertiary/aromatic N) is 6. The summed E-state index contributed by atoms with van der Waals surface area (Å²) in [6.07, 6.45) is 3.50. The molecule has 1 saturated heterocycles. The quantitative estimate of drug-likeness (QED) is 0.479. The fraction of sp³-hybridized carbons (Fsp3) is 0.333. The molecule has 1 fully saturated rings. The Bertz CT molecular complexity index is 847. The van der Waals surface area contributed by atoms with Crippen LogP contribution in [0.25, 0.3) is 5.57 Å². The van der Waals surface area contributed by atoms with Crippen molar-refractivity contribution in [3.05, 3.63) is 39.8 Å². The summed E-state index contributed by atoms with van der Waals surface area (Å²) in [5.74, 6) is 0.175. The van der Waals surface area contributed by atoms with Gasteiger partial charge in [0.1, 0.15) is 17.3 Å². The molecule has 0 unspecified atom stereocenters. The average molecular weight is 340 g/mol. The summed E-state index contributed by atoms with van der Waals surface area (Å²) in [4.78, 5) is 13.0. The lowest BCUT2D eigenvalue weighted by molar-refractivity contribution is -0.384. The second-order valence-corrected chi connectivity index (χ2v) is 5.66. The van der Waals surface area contributed by atoms with Crippen LogP contribution in [0.2, 0.25) is 0 Å². The molecule has 0 bridgehead atoms. The number of nitro benzene ring substituents is 1. The number of H-pyrrole nitrogens is 1. The second kappa shape index (κ2) is 6.96. The molecule has 2 aromatic rings. The number of hydrogen-bond donors (Lipinski definition) is 2. The van der Waals surface area contributed by atoms with Gasteiger partial charge in [0, 0.05) is 31.0 Å². The molecule has 1 aromatic carbocycles. The minimum absolute atomic E-state index is 0.0904. The number of benzene rings is 1. The number of rotatable bonds is 5. The molecule has 10 heteroatoms. The third-order valence-electron chi connectivity index (χ3n) is 4.04. The first-order valence-corrected chi connectivity index (χ1v) is 7.74. The molecule has 25 heavy (non-hydrogen) atoms. The van der Waals surface area contributed by atoms with Gasteiger partial charge in [-0.3, -0.25) is 10.1 Å². The van der Waals surface area contributed by atoms with Crippen molar-refractivity contribution in [2.75, 3.05) is 23.3 Å². The lowest BCUT2D eigenvalue weighted by atomic mass is 10.1. The highest BCUT2D eigenvalue weighted by Crippen LogP contribution is 2.35. The first-order chi connectivity index (χ1) is 12.1. The molecule has 3 rings (SSSR count). The van der Waals surface area contributed by atoms with Gasteiger partial charge < -0.3 is 10.2 Å². The van der Waals surface area contributed by atoms with Crippen molar-refractivity contribution in [3.8, 4) is 6.07 Å². The highest BCUT2D eigenvalue weighted by Gasteiger charge is 2.23. The molecule has 0 amide bonds. The third-order valence-corrected chi connectivity index (χ3v) is 4.04. The van der Waals surface area contributed by atoms with Gasteiger partial charge in [0.25, 0.3) is 5.69 Å². The van der Waals surface area contributed by atoms with Crippen LogP contribution in [0.3, 0.4) is 0 Å². The average Bonchev–Trinajstić information content (AvgIpc) is 3.30. The van der Waals surface area contributed by atoms with Crippen molar-refractivity contribution >= 4 is 22.6 Å². The first kappa shape index (κ1) is 16.4. The fourth-order valence-corrected chi connectivity index (χ4v) is 2.77. The van der Waals surface area contributed by atoms with E-state index in [4.69, 9.17) is 0 Å². The normalized spacial score (nSPS) is 14.4. The molecule has 128 valence electrons. The number of nitriles is 1. The zero-order valence-electron chi connectivity index (χ0n) is 13.6.